The van der Waals surface area contributed by atoms with Crippen molar-refractivity contribution in [1.82, 2.24) is 20.4 Å². The lowest BCUT2D eigenvalue weighted by molar-refractivity contribution is -0.125. The van der Waals surface area contributed by atoms with E-state index < -0.39 is 6.29 Å². The topological polar surface area (TPSA) is 97.3 Å². The van der Waals surface area contributed by atoms with Gasteiger partial charge in [0, 0.05) is 23.6 Å². The summed E-state index contributed by atoms with van der Waals surface area (Å²) >= 11 is 7.40. The Morgan fingerprint density at radius 3 is 2.87 bits per heavy atom. The molecule has 8 nitrogen and oxygen atoms in total. The van der Waals surface area contributed by atoms with E-state index in [-0.39, 0.29) is 24.5 Å². The molecule has 156 valence electrons. The molecule has 0 aliphatic carbocycles. The number of thiophene rings is 1. The highest BCUT2D eigenvalue weighted by Gasteiger charge is 2.27. The van der Waals surface area contributed by atoms with Crippen LogP contribution in [0.15, 0.2) is 47.8 Å². The number of amides is 2. The van der Waals surface area contributed by atoms with E-state index in [1.165, 1.54) is 0 Å². The zero-order valence-electron chi connectivity index (χ0n) is 16.1. The molecule has 1 saturated heterocycles. The molecule has 10 heteroatoms. The van der Waals surface area contributed by atoms with E-state index in [4.69, 9.17) is 16.3 Å². The minimum absolute atomic E-state index is 0.0186. The molecule has 1 aliphatic rings. The minimum atomic E-state index is -0.567. The number of ether oxygens (including phenoxy) is 1. The van der Waals surface area contributed by atoms with Gasteiger partial charge in [0.15, 0.2) is 12.9 Å². The maximum Gasteiger partial charge on any atom is 0.263 e. The van der Waals surface area contributed by atoms with Crippen molar-refractivity contribution in [2.75, 3.05) is 11.9 Å². The third-order valence-corrected chi connectivity index (χ3v) is 5.58. The number of benzene rings is 1. The molecule has 0 radical (unpaired) electrons. The number of carbonyl (C=O) groups excluding carboxylic acids is 2. The van der Waals surface area contributed by atoms with E-state index in [0.29, 0.717) is 28.7 Å². The van der Waals surface area contributed by atoms with Gasteiger partial charge in [-0.3, -0.25) is 14.9 Å². The van der Waals surface area contributed by atoms with Gasteiger partial charge in [0.1, 0.15) is 17.3 Å². The van der Waals surface area contributed by atoms with Crippen molar-refractivity contribution in [3.05, 3.63) is 52.9 Å². The highest BCUT2D eigenvalue weighted by atomic mass is 35.5. The molecule has 0 saturated carbocycles. The van der Waals surface area contributed by atoms with Crippen molar-refractivity contribution >= 4 is 40.6 Å². The van der Waals surface area contributed by atoms with Crippen molar-refractivity contribution in [2.45, 2.75) is 25.7 Å². The summed E-state index contributed by atoms with van der Waals surface area (Å²) in [4.78, 5) is 25.5. The van der Waals surface area contributed by atoms with E-state index in [2.05, 4.69) is 21.0 Å². The summed E-state index contributed by atoms with van der Waals surface area (Å²) in [5, 5.41) is 16.1. The fourth-order valence-electron chi connectivity index (χ4n) is 3.08. The van der Waals surface area contributed by atoms with Gasteiger partial charge in [0.05, 0.1) is 4.88 Å². The highest BCUT2D eigenvalue weighted by molar-refractivity contribution is 7.13. The summed E-state index contributed by atoms with van der Waals surface area (Å²) in [5.74, 6) is 0.564. The maximum absolute atomic E-state index is 12.5. The van der Waals surface area contributed by atoms with Gasteiger partial charge in [-0.15, -0.1) is 11.3 Å². The normalized spacial score (nSPS) is 18.7. The molecule has 30 heavy (non-hydrogen) atoms. The van der Waals surface area contributed by atoms with Crippen LogP contribution in [0.3, 0.4) is 0 Å². The van der Waals surface area contributed by atoms with Crippen molar-refractivity contribution in [3.8, 4) is 16.3 Å². The van der Waals surface area contributed by atoms with E-state index in [0.717, 1.165) is 4.88 Å². The first kappa shape index (κ1) is 20.4. The number of aromatic nitrogens is 2. The quantitative estimate of drug-likeness (QED) is 0.541. The fourth-order valence-corrected chi connectivity index (χ4v) is 3.89. The number of carbonyl (C=O) groups is 2. The van der Waals surface area contributed by atoms with E-state index in [1.54, 1.807) is 46.4 Å². The SMILES string of the molecule is CC1CC(=O)NC(n2nc(-c3cccs3)cc2NC(=O)COc2ccc(Cl)cc2)N1. The zero-order chi connectivity index (χ0) is 21.1. The number of anilines is 1. The Morgan fingerprint density at radius 2 is 2.17 bits per heavy atom. The van der Waals surface area contributed by atoms with E-state index in [1.807, 2.05) is 24.4 Å². The second-order valence-electron chi connectivity index (χ2n) is 6.87. The smallest absolute Gasteiger partial charge is 0.263 e. The van der Waals surface area contributed by atoms with Gasteiger partial charge in [0.2, 0.25) is 5.91 Å². The molecule has 4 rings (SSSR count). The molecule has 3 N–H and O–H groups in total. The number of rotatable bonds is 6. The standard InChI is InChI=1S/C20H20ClN5O3S/c1-12-9-18(27)24-20(22-12)26-17(10-15(25-26)16-3-2-8-30-16)23-19(28)11-29-14-6-4-13(21)5-7-14/h2-8,10,12,20,22H,9,11H2,1H3,(H,23,28)(H,24,27). The Balaban J connectivity index is 1.52. The first-order valence-electron chi connectivity index (χ1n) is 9.35. The van der Waals surface area contributed by atoms with Crippen LogP contribution in [0.1, 0.15) is 19.6 Å². The van der Waals surface area contributed by atoms with E-state index >= 15 is 0 Å². The Kier molecular flexibility index (Phi) is 6.03. The molecular formula is C20H20ClN5O3S. The van der Waals surface area contributed by atoms with Gasteiger partial charge < -0.3 is 15.4 Å². The molecule has 2 amide bonds. The summed E-state index contributed by atoms with van der Waals surface area (Å²) in [6.45, 7) is 1.75. The summed E-state index contributed by atoms with van der Waals surface area (Å²) in [6.07, 6.45) is -0.186. The number of nitrogens with one attached hydrogen (secondary N) is 3. The molecule has 2 aromatic heterocycles. The van der Waals surface area contributed by atoms with Crippen LogP contribution in [0, 0.1) is 0 Å². The van der Waals surface area contributed by atoms with Crippen LogP contribution in [0.5, 0.6) is 5.75 Å². The maximum atomic E-state index is 12.5. The van der Waals surface area contributed by atoms with Gasteiger partial charge in [0.25, 0.3) is 5.91 Å². The van der Waals surface area contributed by atoms with Gasteiger partial charge in [-0.25, -0.2) is 4.68 Å². The average molecular weight is 446 g/mol. The molecule has 0 spiro atoms. The molecule has 3 heterocycles. The second kappa shape index (κ2) is 8.86. The number of halogens is 1. The predicted molar refractivity (Wildman–Crippen MR) is 116 cm³/mol. The fraction of sp³-hybridized carbons (Fsp3) is 0.250. The number of hydrogen-bond donors (Lipinski definition) is 3. The van der Waals surface area contributed by atoms with Crippen LogP contribution in [0.2, 0.25) is 5.02 Å². The minimum Gasteiger partial charge on any atom is -0.484 e. The van der Waals surface area contributed by atoms with Gasteiger partial charge >= 0.3 is 0 Å². The molecule has 1 aromatic carbocycles. The lowest BCUT2D eigenvalue weighted by Gasteiger charge is -2.30. The summed E-state index contributed by atoms with van der Waals surface area (Å²) < 4.78 is 7.08. The third kappa shape index (κ3) is 4.81. The van der Waals surface area contributed by atoms with Crippen LogP contribution in [0.4, 0.5) is 5.82 Å². The molecule has 0 bridgehead atoms. The number of nitrogens with zero attached hydrogens (tertiary/aromatic N) is 2. The largest absolute Gasteiger partial charge is 0.484 e. The van der Waals surface area contributed by atoms with E-state index in [9.17, 15) is 9.59 Å². The molecule has 1 fully saturated rings. The Morgan fingerprint density at radius 1 is 1.37 bits per heavy atom. The first-order chi connectivity index (χ1) is 14.5. The number of hydrogen-bond acceptors (Lipinski definition) is 6. The average Bonchev–Trinajstić information content (AvgIpc) is 3.37. The summed E-state index contributed by atoms with van der Waals surface area (Å²) in [6, 6.07) is 12.4. The van der Waals surface area contributed by atoms with Crippen molar-refractivity contribution in [1.29, 1.82) is 0 Å². The second-order valence-corrected chi connectivity index (χ2v) is 8.25. The third-order valence-electron chi connectivity index (χ3n) is 4.44. The highest BCUT2D eigenvalue weighted by Crippen LogP contribution is 2.28. The first-order valence-corrected chi connectivity index (χ1v) is 10.6. The van der Waals surface area contributed by atoms with Crippen LogP contribution < -0.4 is 20.7 Å². The van der Waals surface area contributed by atoms with Crippen molar-refractivity contribution < 1.29 is 14.3 Å². The molecule has 2 unspecified atom stereocenters. The predicted octanol–water partition coefficient (Wildman–Crippen LogP) is 3.24. The lowest BCUT2D eigenvalue weighted by atomic mass is 10.2. The van der Waals surface area contributed by atoms with Crippen LogP contribution in [-0.4, -0.2) is 34.2 Å². The van der Waals surface area contributed by atoms with Gasteiger partial charge in [-0.2, -0.15) is 5.10 Å². The Hall–Kier alpha value is -2.88. The zero-order valence-corrected chi connectivity index (χ0v) is 17.7. The van der Waals surface area contributed by atoms with Crippen LogP contribution in [0.25, 0.3) is 10.6 Å². The van der Waals surface area contributed by atoms with Gasteiger partial charge in [-0.05, 0) is 42.6 Å². The lowest BCUT2D eigenvalue weighted by Crippen LogP contribution is -2.52. The Labute approximate surface area is 182 Å². The molecule has 3 aromatic rings. The van der Waals surface area contributed by atoms with Crippen LogP contribution in [-0.2, 0) is 9.59 Å². The van der Waals surface area contributed by atoms with Crippen molar-refractivity contribution in [2.24, 2.45) is 0 Å². The summed E-state index contributed by atoms with van der Waals surface area (Å²) in [5.41, 5.74) is 0.702. The Bertz CT molecular complexity index is 1040. The monoisotopic (exact) mass is 445 g/mol. The molecule has 2 atom stereocenters. The van der Waals surface area contributed by atoms with Crippen LogP contribution >= 0.6 is 22.9 Å². The van der Waals surface area contributed by atoms with Crippen molar-refractivity contribution in [3.63, 3.8) is 0 Å². The summed E-state index contributed by atoms with van der Waals surface area (Å²) in [7, 11) is 0. The molecule has 1 aliphatic heterocycles. The van der Waals surface area contributed by atoms with Gasteiger partial charge in [-0.1, -0.05) is 17.7 Å². The molecular weight excluding hydrogens is 426 g/mol.